The Balaban J connectivity index is 2.43. The molecule has 2 amide bonds. The van der Waals surface area contributed by atoms with Crippen LogP contribution in [-0.2, 0) is 0 Å². The van der Waals surface area contributed by atoms with E-state index in [0.29, 0.717) is 5.69 Å². The lowest BCUT2D eigenvalue weighted by molar-refractivity contribution is -0.122. The molecule has 7 heteroatoms. The zero-order chi connectivity index (χ0) is 12.2. The van der Waals surface area contributed by atoms with Gasteiger partial charge in [0, 0.05) is 10.2 Å². The van der Waals surface area contributed by atoms with Crippen molar-refractivity contribution in [2.45, 2.75) is 6.18 Å². The number of carbonyl (C=O) groups is 1. The van der Waals surface area contributed by atoms with E-state index in [0.717, 1.165) is 4.47 Å². The van der Waals surface area contributed by atoms with Gasteiger partial charge in [-0.25, -0.2) is 4.79 Å². The van der Waals surface area contributed by atoms with E-state index in [-0.39, 0.29) is 0 Å². The van der Waals surface area contributed by atoms with Crippen molar-refractivity contribution in [1.29, 1.82) is 0 Å². The molecule has 3 nitrogen and oxygen atoms in total. The lowest BCUT2D eigenvalue weighted by atomic mass is 10.3. The first-order valence-electron chi connectivity index (χ1n) is 4.24. The number of halogens is 4. The fourth-order valence-electron chi connectivity index (χ4n) is 0.889. The molecule has 16 heavy (non-hydrogen) atoms. The van der Waals surface area contributed by atoms with Crippen LogP contribution in [0.2, 0.25) is 0 Å². The highest BCUT2D eigenvalue weighted by atomic mass is 79.9. The highest BCUT2D eigenvalue weighted by molar-refractivity contribution is 9.10. The summed E-state index contributed by atoms with van der Waals surface area (Å²) in [4.78, 5) is 11.0. The Morgan fingerprint density at radius 1 is 1.25 bits per heavy atom. The minimum Gasteiger partial charge on any atom is -0.329 e. The van der Waals surface area contributed by atoms with Crippen LogP contribution in [0.1, 0.15) is 0 Å². The predicted octanol–water partition coefficient (Wildman–Crippen LogP) is 3.13. The maximum Gasteiger partial charge on any atom is 0.405 e. The summed E-state index contributed by atoms with van der Waals surface area (Å²) >= 11 is 3.19. The summed E-state index contributed by atoms with van der Waals surface area (Å²) in [7, 11) is 0. The Morgan fingerprint density at radius 2 is 1.81 bits per heavy atom. The quantitative estimate of drug-likeness (QED) is 0.865. The van der Waals surface area contributed by atoms with Crippen LogP contribution in [0.5, 0.6) is 0 Å². The second kappa shape index (κ2) is 5.20. The van der Waals surface area contributed by atoms with Gasteiger partial charge in [-0.2, -0.15) is 13.2 Å². The molecule has 0 bridgehead atoms. The third kappa shape index (κ3) is 5.01. The minimum absolute atomic E-state index is 0.419. The summed E-state index contributed by atoms with van der Waals surface area (Å²) in [5, 5.41) is 3.97. The van der Waals surface area contributed by atoms with Gasteiger partial charge < -0.3 is 10.6 Å². The molecule has 1 aromatic rings. The second-order valence-electron chi connectivity index (χ2n) is 2.93. The zero-order valence-electron chi connectivity index (χ0n) is 7.94. The standard InChI is InChI=1S/C9H8BrF3N2O/c10-6-1-3-7(4-2-6)15-8(16)14-5-9(11,12)13/h1-4H,5H2,(H2,14,15,16). The van der Waals surface area contributed by atoms with Crippen LogP contribution in [0.25, 0.3) is 0 Å². The Bertz CT molecular complexity index is 364. The van der Waals surface area contributed by atoms with Crippen molar-refractivity contribution < 1.29 is 18.0 Å². The molecule has 1 aromatic carbocycles. The number of hydrogen-bond acceptors (Lipinski definition) is 1. The highest BCUT2D eigenvalue weighted by Crippen LogP contribution is 2.14. The Kier molecular flexibility index (Phi) is 4.17. The van der Waals surface area contributed by atoms with Gasteiger partial charge in [0.2, 0.25) is 0 Å². The zero-order valence-corrected chi connectivity index (χ0v) is 9.52. The molecule has 0 saturated heterocycles. The van der Waals surface area contributed by atoms with Gasteiger partial charge in [-0.1, -0.05) is 15.9 Å². The van der Waals surface area contributed by atoms with E-state index in [2.05, 4.69) is 21.2 Å². The number of urea groups is 1. The van der Waals surface area contributed by atoms with E-state index in [4.69, 9.17) is 0 Å². The lowest BCUT2D eigenvalue weighted by Gasteiger charge is -2.09. The number of benzene rings is 1. The number of rotatable bonds is 2. The molecule has 0 heterocycles. The van der Waals surface area contributed by atoms with Crippen molar-refractivity contribution >= 4 is 27.6 Å². The molecule has 0 unspecified atom stereocenters. The summed E-state index contributed by atoms with van der Waals surface area (Å²) in [5.74, 6) is 0. The van der Waals surface area contributed by atoms with E-state index < -0.39 is 18.8 Å². The molecule has 0 aliphatic heterocycles. The molecule has 2 N–H and O–H groups in total. The molecule has 0 radical (unpaired) electrons. The second-order valence-corrected chi connectivity index (χ2v) is 3.85. The fraction of sp³-hybridized carbons (Fsp3) is 0.222. The molecule has 0 aromatic heterocycles. The normalized spacial score (nSPS) is 11.0. The van der Waals surface area contributed by atoms with Crippen LogP contribution in [0.4, 0.5) is 23.7 Å². The maximum absolute atomic E-state index is 11.8. The topological polar surface area (TPSA) is 41.1 Å². The van der Waals surface area contributed by atoms with Crippen LogP contribution in [0.15, 0.2) is 28.7 Å². The Hall–Kier alpha value is -1.24. The molecule has 0 aliphatic carbocycles. The summed E-state index contributed by atoms with van der Waals surface area (Å²) < 4.78 is 36.1. The van der Waals surface area contributed by atoms with Crippen LogP contribution in [0.3, 0.4) is 0 Å². The number of nitrogens with one attached hydrogen (secondary N) is 2. The number of anilines is 1. The molecule has 0 spiro atoms. The van der Waals surface area contributed by atoms with Crippen molar-refractivity contribution in [1.82, 2.24) is 5.32 Å². The van der Waals surface area contributed by atoms with E-state index >= 15 is 0 Å². The molecular weight excluding hydrogens is 289 g/mol. The number of hydrogen-bond donors (Lipinski definition) is 2. The van der Waals surface area contributed by atoms with Gasteiger partial charge in [0.1, 0.15) is 6.54 Å². The number of carbonyl (C=O) groups excluding carboxylic acids is 1. The minimum atomic E-state index is -4.41. The predicted molar refractivity (Wildman–Crippen MR) is 57.2 cm³/mol. The van der Waals surface area contributed by atoms with Gasteiger partial charge in [-0.3, -0.25) is 0 Å². The fourth-order valence-corrected chi connectivity index (χ4v) is 1.15. The molecule has 88 valence electrons. The van der Waals surface area contributed by atoms with Crippen LogP contribution in [-0.4, -0.2) is 18.8 Å². The molecule has 0 aliphatic rings. The monoisotopic (exact) mass is 296 g/mol. The first kappa shape index (κ1) is 12.8. The largest absolute Gasteiger partial charge is 0.405 e. The van der Waals surface area contributed by atoms with Gasteiger partial charge in [0.05, 0.1) is 0 Å². The van der Waals surface area contributed by atoms with Crippen molar-refractivity contribution in [2.75, 3.05) is 11.9 Å². The summed E-state index contributed by atoms with van der Waals surface area (Å²) in [6, 6.07) is 5.58. The van der Waals surface area contributed by atoms with Gasteiger partial charge in [0.25, 0.3) is 0 Å². The molecule has 0 fully saturated rings. The van der Waals surface area contributed by atoms with Crippen molar-refractivity contribution in [3.63, 3.8) is 0 Å². The lowest BCUT2D eigenvalue weighted by Crippen LogP contribution is -2.36. The number of amides is 2. The van der Waals surface area contributed by atoms with Gasteiger partial charge in [-0.05, 0) is 24.3 Å². The van der Waals surface area contributed by atoms with E-state index in [1.54, 1.807) is 29.6 Å². The van der Waals surface area contributed by atoms with Gasteiger partial charge in [0.15, 0.2) is 0 Å². The van der Waals surface area contributed by atoms with Gasteiger partial charge in [-0.15, -0.1) is 0 Å². The Morgan fingerprint density at radius 3 is 2.31 bits per heavy atom. The molecule has 0 atom stereocenters. The summed E-state index contributed by atoms with van der Waals surface area (Å²) in [5.41, 5.74) is 0.419. The molecular formula is C9H8BrF3N2O. The third-order valence-electron chi connectivity index (χ3n) is 1.55. The van der Waals surface area contributed by atoms with Crippen LogP contribution in [0, 0.1) is 0 Å². The van der Waals surface area contributed by atoms with Crippen molar-refractivity contribution in [3.05, 3.63) is 28.7 Å². The average Bonchev–Trinajstić information content (AvgIpc) is 2.18. The van der Waals surface area contributed by atoms with Gasteiger partial charge >= 0.3 is 12.2 Å². The van der Waals surface area contributed by atoms with E-state index in [1.807, 2.05) is 0 Å². The van der Waals surface area contributed by atoms with E-state index in [1.165, 1.54) is 0 Å². The SMILES string of the molecule is O=C(NCC(F)(F)F)Nc1ccc(Br)cc1. The highest BCUT2D eigenvalue weighted by Gasteiger charge is 2.27. The number of alkyl halides is 3. The van der Waals surface area contributed by atoms with Crippen LogP contribution < -0.4 is 10.6 Å². The first-order chi connectivity index (χ1) is 7.37. The molecule has 0 saturated carbocycles. The van der Waals surface area contributed by atoms with Crippen molar-refractivity contribution in [3.8, 4) is 0 Å². The van der Waals surface area contributed by atoms with E-state index in [9.17, 15) is 18.0 Å². The third-order valence-corrected chi connectivity index (χ3v) is 2.08. The van der Waals surface area contributed by atoms with Crippen LogP contribution >= 0.6 is 15.9 Å². The summed E-state index contributed by atoms with van der Waals surface area (Å²) in [6.45, 7) is -1.35. The molecule has 1 rings (SSSR count). The Labute approximate surface area is 98.2 Å². The average molecular weight is 297 g/mol. The maximum atomic E-state index is 11.8. The first-order valence-corrected chi connectivity index (χ1v) is 5.03. The summed E-state index contributed by atoms with van der Waals surface area (Å²) in [6.07, 6.45) is -4.41. The smallest absolute Gasteiger partial charge is 0.329 e. The van der Waals surface area contributed by atoms with Crippen molar-refractivity contribution in [2.24, 2.45) is 0 Å².